The minimum Gasteiger partial charge on any atom is -0.454 e. The Kier molecular flexibility index (Phi) is 3.76. The summed E-state index contributed by atoms with van der Waals surface area (Å²) in [7, 11) is 0. The molecule has 1 aromatic heterocycles. The maximum atomic E-state index is 13.2. The van der Waals surface area contributed by atoms with Crippen LogP contribution in [0.2, 0.25) is 0 Å². The zero-order valence-electron chi connectivity index (χ0n) is 15.3. The predicted octanol–water partition coefficient (Wildman–Crippen LogP) is 6.24. The highest BCUT2D eigenvalue weighted by Crippen LogP contribution is 2.51. The number of benzene rings is 2. The molecule has 1 aliphatic carbocycles. The Morgan fingerprint density at radius 3 is 2.67 bits per heavy atom. The molecular weight excluding hydrogens is 449 g/mol. The van der Waals surface area contributed by atoms with Gasteiger partial charge in [0.1, 0.15) is 5.76 Å². The van der Waals surface area contributed by atoms with Crippen molar-refractivity contribution in [3.05, 3.63) is 74.9 Å². The van der Waals surface area contributed by atoms with Gasteiger partial charge in [0.15, 0.2) is 9.55 Å². The van der Waals surface area contributed by atoms with Crippen LogP contribution in [0, 0.1) is 9.18 Å². The van der Waals surface area contributed by atoms with Crippen LogP contribution in [-0.2, 0) is 4.79 Å². The Bertz CT molecular complexity index is 1120. The first-order chi connectivity index (χ1) is 12.9. The van der Waals surface area contributed by atoms with Crippen LogP contribution in [0.3, 0.4) is 0 Å². The van der Waals surface area contributed by atoms with Gasteiger partial charge >= 0.3 is 0 Å². The third-order valence-corrected chi connectivity index (χ3v) is 6.21. The lowest BCUT2D eigenvalue weighted by Crippen LogP contribution is -2.33. The van der Waals surface area contributed by atoms with Gasteiger partial charge in [-0.05, 0) is 69.0 Å². The first kappa shape index (κ1) is 17.0. The number of hydrogen-bond donors (Lipinski definition) is 1. The molecule has 1 unspecified atom stereocenters. The molecule has 4 heteroatoms. The Hall–Kier alpha value is -2.08. The van der Waals surface area contributed by atoms with Gasteiger partial charge in [0.25, 0.3) is 0 Å². The first-order valence-corrected chi connectivity index (χ1v) is 10.3. The predicted molar refractivity (Wildman–Crippen MR) is 116 cm³/mol. The molecule has 3 aromatic rings. The second-order valence-corrected chi connectivity index (χ2v) is 9.34. The van der Waals surface area contributed by atoms with E-state index in [1.165, 1.54) is 10.8 Å². The quantitative estimate of drug-likeness (QED) is 0.429. The molecule has 27 heavy (non-hydrogen) atoms. The molecule has 0 bridgehead atoms. The lowest BCUT2D eigenvalue weighted by atomic mass is 9.69. The number of halogens is 1. The van der Waals surface area contributed by atoms with Crippen LogP contribution < -0.4 is 5.32 Å². The van der Waals surface area contributed by atoms with Crippen molar-refractivity contribution in [1.82, 2.24) is 0 Å². The van der Waals surface area contributed by atoms with E-state index in [2.05, 4.69) is 78.2 Å². The maximum Gasteiger partial charge on any atom is 0.164 e. The van der Waals surface area contributed by atoms with Crippen LogP contribution in [0.1, 0.15) is 43.9 Å². The number of fused-ring (bicyclic) bond motifs is 3. The average Bonchev–Trinajstić information content (AvgIpc) is 3.04. The number of furan rings is 1. The Morgan fingerprint density at radius 2 is 1.89 bits per heavy atom. The lowest BCUT2D eigenvalue weighted by molar-refractivity contribution is -0.118. The zero-order valence-corrected chi connectivity index (χ0v) is 17.5. The van der Waals surface area contributed by atoms with Gasteiger partial charge in [-0.2, -0.15) is 0 Å². The molecule has 1 atom stereocenters. The van der Waals surface area contributed by atoms with E-state index in [1.807, 2.05) is 12.1 Å². The average molecular weight is 469 g/mol. The van der Waals surface area contributed by atoms with E-state index in [0.29, 0.717) is 6.42 Å². The standard InChI is InChI=1S/C23H20INO2/c1-23(2)11-16-21(17(26)12-23)22(18-9-10-19(24)27-18)20-14-6-4-3-5-13(14)7-8-15(20)25-16/h3-10,22,25H,11-12H2,1-2H3. The third kappa shape index (κ3) is 2.73. The van der Waals surface area contributed by atoms with Crippen LogP contribution in [0.5, 0.6) is 0 Å². The fourth-order valence-corrected chi connectivity index (χ4v) is 5.01. The summed E-state index contributed by atoms with van der Waals surface area (Å²) < 4.78 is 6.89. The highest BCUT2D eigenvalue weighted by Gasteiger charge is 2.42. The van der Waals surface area contributed by atoms with E-state index < -0.39 is 0 Å². The Labute approximate surface area is 172 Å². The van der Waals surface area contributed by atoms with Gasteiger partial charge in [0.05, 0.1) is 5.92 Å². The molecular formula is C23H20INO2. The second kappa shape index (κ2) is 5.96. The smallest absolute Gasteiger partial charge is 0.164 e. The van der Waals surface area contributed by atoms with Gasteiger partial charge in [-0.3, -0.25) is 4.79 Å². The molecule has 0 fully saturated rings. The van der Waals surface area contributed by atoms with Gasteiger partial charge in [0, 0.05) is 23.4 Å². The van der Waals surface area contributed by atoms with Crippen LogP contribution in [0.4, 0.5) is 5.69 Å². The van der Waals surface area contributed by atoms with Gasteiger partial charge in [-0.15, -0.1) is 0 Å². The lowest BCUT2D eigenvalue weighted by Gasteiger charge is -2.39. The van der Waals surface area contributed by atoms with Gasteiger partial charge in [-0.25, -0.2) is 0 Å². The van der Waals surface area contributed by atoms with Crippen molar-refractivity contribution >= 4 is 44.8 Å². The molecule has 0 saturated carbocycles. The van der Waals surface area contributed by atoms with E-state index >= 15 is 0 Å². The van der Waals surface area contributed by atoms with Gasteiger partial charge in [-0.1, -0.05) is 44.2 Å². The Balaban J connectivity index is 1.82. The number of carbonyl (C=O) groups is 1. The number of hydrogen-bond acceptors (Lipinski definition) is 3. The summed E-state index contributed by atoms with van der Waals surface area (Å²) in [6.45, 7) is 4.33. The van der Waals surface area contributed by atoms with E-state index in [1.54, 1.807) is 0 Å². The molecule has 0 amide bonds. The van der Waals surface area contributed by atoms with Crippen molar-refractivity contribution in [1.29, 1.82) is 0 Å². The number of nitrogens with one attached hydrogen (secondary N) is 1. The number of anilines is 1. The van der Waals surface area contributed by atoms with Crippen molar-refractivity contribution < 1.29 is 9.21 Å². The molecule has 5 rings (SSSR count). The molecule has 0 radical (unpaired) electrons. The van der Waals surface area contributed by atoms with E-state index in [-0.39, 0.29) is 17.1 Å². The second-order valence-electron chi connectivity index (χ2n) is 8.28. The molecule has 2 aromatic carbocycles. The fourth-order valence-electron chi connectivity index (χ4n) is 4.57. The maximum absolute atomic E-state index is 13.2. The van der Waals surface area contributed by atoms with Crippen molar-refractivity contribution in [2.24, 2.45) is 5.41 Å². The minimum atomic E-state index is -0.158. The Morgan fingerprint density at radius 1 is 1.07 bits per heavy atom. The summed E-state index contributed by atoms with van der Waals surface area (Å²) in [5.41, 5.74) is 4.12. The minimum absolute atomic E-state index is 0.0284. The van der Waals surface area contributed by atoms with Crippen LogP contribution in [0.15, 0.2) is 64.2 Å². The summed E-state index contributed by atoms with van der Waals surface area (Å²) in [4.78, 5) is 13.2. The number of carbonyl (C=O) groups excluding carboxylic acids is 1. The van der Waals surface area contributed by atoms with Crippen molar-refractivity contribution in [3.63, 3.8) is 0 Å². The zero-order chi connectivity index (χ0) is 18.8. The van der Waals surface area contributed by atoms with Crippen LogP contribution in [-0.4, -0.2) is 5.78 Å². The molecule has 136 valence electrons. The van der Waals surface area contributed by atoms with Gasteiger partial charge < -0.3 is 9.73 Å². The van der Waals surface area contributed by atoms with Crippen LogP contribution >= 0.6 is 22.6 Å². The molecule has 2 heterocycles. The van der Waals surface area contributed by atoms with E-state index in [9.17, 15) is 4.79 Å². The van der Waals surface area contributed by atoms with E-state index in [0.717, 1.165) is 38.5 Å². The van der Waals surface area contributed by atoms with Crippen molar-refractivity contribution in [3.8, 4) is 0 Å². The summed E-state index contributed by atoms with van der Waals surface area (Å²) in [5.74, 6) is 0.914. The summed E-state index contributed by atoms with van der Waals surface area (Å²) in [6.07, 6.45) is 1.44. The molecule has 0 spiro atoms. The molecule has 2 aliphatic rings. The SMILES string of the molecule is CC1(C)CC(=O)C2=C(C1)Nc1ccc3ccccc3c1C2c1ccc(I)o1. The highest BCUT2D eigenvalue weighted by atomic mass is 127. The summed E-state index contributed by atoms with van der Waals surface area (Å²) >= 11 is 2.19. The number of rotatable bonds is 1. The summed E-state index contributed by atoms with van der Waals surface area (Å²) in [6, 6.07) is 16.6. The van der Waals surface area contributed by atoms with Gasteiger partial charge in [0.2, 0.25) is 0 Å². The van der Waals surface area contributed by atoms with Crippen LogP contribution in [0.25, 0.3) is 10.8 Å². The molecule has 0 saturated heterocycles. The molecule has 1 aliphatic heterocycles. The number of Topliss-reactive ketones (excluding diaryl/α,β-unsaturated/α-hetero) is 1. The normalized spacial score (nSPS) is 21.0. The fraction of sp³-hybridized carbons (Fsp3) is 0.261. The highest BCUT2D eigenvalue weighted by molar-refractivity contribution is 14.1. The molecule has 3 nitrogen and oxygen atoms in total. The van der Waals surface area contributed by atoms with E-state index in [4.69, 9.17) is 4.42 Å². The first-order valence-electron chi connectivity index (χ1n) is 9.23. The summed E-state index contributed by atoms with van der Waals surface area (Å²) in [5, 5.41) is 5.95. The third-order valence-electron chi connectivity index (χ3n) is 5.63. The topological polar surface area (TPSA) is 42.2 Å². The monoisotopic (exact) mass is 469 g/mol. The number of allylic oxidation sites excluding steroid dienone is 2. The van der Waals surface area contributed by atoms with Crippen molar-refractivity contribution in [2.45, 2.75) is 32.6 Å². The number of ketones is 1. The largest absolute Gasteiger partial charge is 0.454 e. The van der Waals surface area contributed by atoms with Crippen molar-refractivity contribution in [2.75, 3.05) is 5.32 Å². The molecule has 1 N–H and O–H groups in total.